The zero-order valence-corrected chi connectivity index (χ0v) is 15.9. The van der Waals surface area contributed by atoms with Gasteiger partial charge in [0, 0.05) is 33.1 Å². The van der Waals surface area contributed by atoms with Crippen molar-refractivity contribution in [3.8, 4) is 5.75 Å². The summed E-state index contributed by atoms with van der Waals surface area (Å²) >= 11 is 0. The summed E-state index contributed by atoms with van der Waals surface area (Å²) in [5.41, 5.74) is -0.101. The van der Waals surface area contributed by atoms with Gasteiger partial charge in [-0.3, -0.25) is 23.5 Å². The first-order chi connectivity index (χ1) is 13.3. The number of para-hydroxylation sites is 2. The largest absolute Gasteiger partial charge is 0.495 e. The van der Waals surface area contributed by atoms with Crippen LogP contribution in [0.5, 0.6) is 5.75 Å². The van der Waals surface area contributed by atoms with E-state index < -0.39 is 23.1 Å². The third kappa shape index (κ3) is 3.55. The van der Waals surface area contributed by atoms with Gasteiger partial charge in [-0.05, 0) is 12.1 Å². The Morgan fingerprint density at radius 2 is 1.86 bits per heavy atom. The number of methoxy groups -OCH3 is 1. The van der Waals surface area contributed by atoms with Crippen molar-refractivity contribution in [2.45, 2.75) is 13.0 Å². The van der Waals surface area contributed by atoms with Crippen LogP contribution in [0.25, 0.3) is 0 Å². The molecule has 0 bridgehead atoms. The molecule has 1 unspecified atom stereocenters. The molecule has 0 saturated carbocycles. The molecule has 1 saturated heterocycles. The Labute approximate surface area is 160 Å². The lowest BCUT2D eigenvalue weighted by Gasteiger charge is -2.19. The number of esters is 1. The molecule has 9 heteroatoms. The fourth-order valence-corrected chi connectivity index (χ4v) is 3.13. The summed E-state index contributed by atoms with van der Waals surface area (Å²) < 4.78 is 12.8. The maximum absolute atomic E-state index is 12.4. The molecule has 0 aliphatic carbocycles. The molecule has 9 nitrogen and oxygen atoms in total. The standard InChI is InChI=1S/C19H21N3O6/c1-20-13(9-16(23)21(2)19(20)26)11-28-18(25)12-8-17(24)22(10-12)14-6-4-5-7-15(14)27-3/h4-7,9,12H,8,10-11H2,1-3H3. The van der Waals surface area contributed by atoms with Crippen molar-refractivity contribution in [3.63, 3.8) is 0 Å². The number of hydrogen-bond acceptors (Lipinski definition) is 6. The lowest BCUT2D eigenvalue weighted by atomic mass is 10.1. The average Bonchev–Trinajstić information content (AvgIpc) is 3.09. The number of carbonyl (C=O) groups is 2. The van der Waals surface area contributed by atoms with Crippen LogP contribution in [-0.2, 0) is 35.0 Å². The van der Waals surface area contributed by atoms with Crippen LogP contribution in [0.3, 0.4) is 0 Å². The SMILES string of the molecule is COc1ccccc1N1CC(C(=O)OCc2cc(=O)n(C)c(=O)n2C)CC1=O. The molecular formula is C19H21N3O6. The van der Waals surface area contributed by atoms with Crippen molar-refractivity contribution in [2.75, 3.05) is 18.6 Å². The zero-order chi connectivity index (χ0) is 20.4. The molecule has 1 aromatic heterocycles. The topological polar surface area (TPSA) is 99.8 Å². The number of ether oxygens (including phenoxy) is 2. The van der Waals surface area contributed by atoms with E-state index in [2.05, 4.69) is 0 Å². The molecule has 1 aromatic carbocycles. The van der Waals surface area contributed by atoms with E-state index in [4.69, 9.17) is 9.47 Å². The second-order valence-electron chi connectivity index (χ2n) is 6.56. The number of carbonyl (C=O) groups excluding carboxylic acids is 2. The molecule has 3 rings (SSSR count). The van der Waals surface area contributed by atoms with E-state index in [0.29, 0.717) is 11.4 Å². The summed E-state index contributed by atoms with van der Waals surface area (Å²) in [6.07, 6.45) is 0.0202. The molecule has 0 radical (unpaired) electrons. The van der Waals surface area contributed by atoms with Gasteiger partial charge in [0.25, 0.3) is 5.56 Å². The molecule has 1 fully saturated rings. The van der Waals surface area contributed by atoms with Crippen molar-refractivity contribution in [2.24, 2.45) is 20.0 Å². The number of aromatic nitrogens is 2. The van der Waals surface area contributed by atoms with Gasteiger partial charge in [0.15, 0.2) is 0 Å². The van der Waals surface area contributed by atoms with Crippen molar-refractivity contribution >= 4 is 17.6 Å². The Morgan fingerprint density at radius 1 is 1.14 bits per heavy atom. The molecular weight excluding hydrogens is 366 g/mol. The van der Waals surface area contributed by atoms with E-state index in [1.165, 1.54) is 36.7 Å². The Balaban J connectivity index is 1.71. The molecule has 148 valence electrons. The highest BCUT2D eigenvalue weighted by molar-refractivity contribution is 6.00. The average molecular weight is 387 g/mol. The first-order valence-corrected chi connectivity index (χ1v) is 8.69. The van der Waals surface area contributed by atoms with Gasteiger partial charge in [0.05, 0.1) is 24.4 Å². The van der Waals surface area contributed by atoms with Gasteiger partial charge in [-0.1, -0.05) is 12.1 Å². The quantitative estimate of drug-likeness (QED) is 0.679. The number of nitrogens with zero attached hydrogens (tertiary/aromatic N) is 3. The minimum Gasteiger partial charge on any atom is -0.495 e. The maximum atomic E-state index is 12.4. The minimum absolute atomic E-state index is 0.0202. The first-order valence-electron chi connectivity index (χ1n) is 8.69. The first kappa shape index (κ1) is 19.4. The lowest BCUT2D eigenvalue weighted by molar-refractivity contribution is -0.149. The Kier molecular flexibility index (Phi) is 5.34. The summed E-state index contributed by atoms with van der Waals surface area (Å²) in [7, 11) is 4.38. The number of amides is 1. The van der Waals surface area contributed by atoms with E-state index in [-0.39, 0.29) is 31.2 Å². The van der Waals surface area contributed by atoms with Crippen LogP contribution in [0.15, 0.2) is 39.9 Å². The minimum atomic E-state index is -0.638. The Hall–Kier alpha value is -3.36. The monoisotopic (exact) mass is 387 g/mol. The predicted molar refractivity (Wildman–Crippen MR) is 100 cm³/mol. The molecule has 28 heavy (non-hydrogen) atoms. The summed E-state index contributed by atoms with van der Waals surface area (Å²) in [5, 5.41) is 0. The number of anilines is 1. The highest BCUT2D eigenvalue weighted by Gasteiger charge is 2.37. The van der Waals surface area contributed by atoms with Crippen molar-refractivity contribution < 1.29 is 19.1 Å². The molecule has 2 heterocycles. The zero-order valence-electron chi connectivity index (χ0n) is 15.9. The fourth-order valence-electron chi connectivity index (χ4n) is 3.13. The van der Waals surface area contributed by atoms with Crippen LogP contribution in [0, 0.1) is 5.92 Å². The second-order valence-corrected chi connectivity index (χ2v) is 6.56. The highest BCUT2D eigenvalue weighted by atomic mass is 16.5. The van der Waals surface area contributed by atoms with Crippen LogP contribution in [0.4, 0.5) is 5.69 Å². The molecule has 1 atom stereocenters. The van der Waals surface area contributed by atoms with Crippen LogP contribution < -0.4 is 20.9 Å². The van der Waals surface area contributed by atoms with E-state index in [1.54, 1.807) is 24.3 Å². The molecule has 1 aliphatic heterocycles. The summed E-state index contributed by atoms with van der Waals surface area (Å²) in [5.74, 6) is -0.854. The smallest absolute Gasteiger partial charge is 0.330 e. The lowest BCUT2D eigenvalue weighted by Crippen LogP contribution is -2.38. The molecule has 1 aliphatic rings. The maximum Gasteiger partial charge on any atom is 0.330 e. The molecule has 2 aromatic rings. The van der Waals surface area contributed by atoms with Gasteiger partial charge >= 0.3 is 11.7 Å². The van der Waals surface area contributed by atoms with E-state index in [0.717, 1.165) is 4.57 Å². The van der Waals surface area contributed by atoms with Crippen molar-refractivity contribution in [1.29, 1.82) is 0 Å². The third-order valence-electron chi connectivity index (χ3n) is 4.82. The van der Waals surface area contributed by atoms with Crippen LogP contribution >= 0.6 is 0 Å². The van der Waals surface area contributed by atoms with Crippen LogP contribution in [-0.4, -0.2) is 34.7 Å². The number of hydrogen-bond donors (Lipinski definition) is 0. The van der Waals surface area contributed by atoms with Gasteiger partial charge in [-0.2, -0.15) is 0 Å². The van der Waals surface area contributed by atoms with Crippen LogP contribution in [0.1, 0.15) is 12.1 Å². The van der Waals surface area contributed by atoms with Crippen LogP contribution in [0.2, 0.25) is 0 Å². The number of rotatable bonds is 5. The van der Waals surface area contributed by atoms with Gasteiger partial charge in [-0.25, -0.2) is 4.79 Å². The summed E-state index contributed by atoms with van der Waals surface area (Å²) in [6.45, 7) is -0.0481. The summed E-state index contributed by atoms with van der Waals surface area (Å²) in [6, 6.07) is 8.32. The highest BCUT2D eigenvalue weighted by Crippen LogP contribution is 2.33. The second kappa shape index (κ2) is 7.71. The Bertz CT molecular complexity index is 1040. The van der Waals surface area contributed by atoms with E-state index in [9.17, 15) is 19.2 Å². The predicted octanol–water partition coefficient (Wildman–Crippen LogP) is 0.189. The van der Waals surface area contributed by atoms with Crippen molar-refractivity contribution in [1.82, 2.24) is 9.13 Å². The Morgan fingerprint density at radius 3 is 2.57 bits per heavy atom. The number of benzene rings is 1. The summed E-state index contributed by atoms with van der Waals surface area (Å²) in [4.78, 5) is 50.0. The van der Waals surface area contributed by atoms with E-state index in [1.807, 2.05) is 0 Å². The molecule has 1 amide bonds. The van der Waals surface area contributed by atoms with Gasteiger partial charge < -0.3 is 14.4 Å². The third-order valence-corrected chi connectivity index (χ3v) is 4.82. The molecule has 0 spiro atoms. The van der Waals surface area contributed by atoms with E-state index >= 15 is 0 Å². The van der Waals surface area contributed by atoms with Gasteiger partial charge in [0.2, 0.25) is 5.91 Å². The molecule has 0 N–H and O–H groups in total. The van der Waals surface area contributed by atoms with Gasteiger partial charge in [-0.15, -0.1) is 0 Å². The van der Waals surface area contributed by atoms with Crippen molar-refractivity contribution in [3.05, 3.63) is 56.9 Å². The normalized spacial score (nSPS) is 16.3. The van der Waals surface area contributed by atoms with Gasteiger partial charge in [0.1, 0.15) is 12.4 Å². The fraction of sp³-hybridized carbons (Fsp3) is 0.368.